The Morgan fingerprint density at radius 1 is 1.45 bits per heavy atom. The average Bonchev–Trinajstić information content (AvgIpc) is 2.35. The molecule has 0 fully saturated rings. The quantitative estimate of drug-likeness (QED) is 0.805. The van der Waals surface area contributed by atoms with Crippen LogP contribution in [0, 0.1) is 0 Å². The lowest BCUT2D eigenvalue weighted by molar-refractivity contribution is 0.0698. The normalized spacial score (nSPS) is 9.95. The Bertz CT molecular complexity index is 543. The van der Waals surface area contributed by atoms with Crippen molar-refractivity contribution in [3.63, 3.8) is 0 Å². The van der Waals surface area contributed by atoms with Crippen molar-refractivity contribution < 1.29 is 14.7 Å². The van der Waals surface area contributed by atoms with Crippen molar-refractivity contribution in [2.75, 3.05) is 18.4 Å². The summed E-state index contributed by atoms with van der Waals surface area (Å²) >= 11 is 3.26. The van der Waals surface area contributed by atoms with Gasteiger partial charge in [-0.15, -0.1) is 0 Å². The molecule has 2 amide bonds. The number of carbonyl (C=O) groups excluding carboxylic acids is 1. The van der Waals surface area contributed by atoms with Crippen molar-refractivity contribution in [1.82, 2.24) is 4.90 Å². The van der Waals surface area contributed by atoms with Crippen molar-refractivity contribution >= 4 is 33.6 Å². The predicted molar refractivity (Wildman–Crippen MR) is 82.2 cm³/mol. The third kappa shape index (κ3) is 4.38. The number of likely N-dealkylation sites (N-methyl/N-ethyl adjacent to an activating group) is 1. The minimum atomic E-state index is -1.09. The van der Waals surface area contributed by atoms with Crippen LogP contribution in [0.1, 0.15) is 24.2 Å². The maximum Gasteiger partial charge on any atom is 0.337 e. The van der Waals surface area contributed by atoms with Gasteiger partial charge in [-0.1, -0.05) is 28.1 Å². The number of benzene rings is 1. The molecule has 5 nitrogen and oxygen atoms in total. The van der Waals surface area contributed by atoms with Crippen LogP contribution in [-0.4, -0.2) is 35.1 Å². The van der Waals surface area contributed by atoms with Gasteiger partial charge in [0.15, 0.2) is 0 Å². The van der Waals surface area contributed by atoms with E-state index in [0.717, 1.165) is 5.57 Å². The highest BCUT2D eigenvalue weighted by molar-refractivity contribution is 9.10. The van der Waals surface area contributed by atoms with E-state index < -0.39 is 5.97 Å². The smallest absolute Gasteiger partial charge is 0.337 e. The lowest BCUT2D eigenvalue weighted by atomic mass is 10.2. The Labute approximate surface area is 126 Å². The zero-order valence-electron chi connectivity index (χ0n) is 11.4. The molecule has 108 valence electrons. The van der Waals surface area contributed by atoms with Crippen molar-refractivity contribution in [2.45, 2.75) is 13.8 Å². The fraction of sp³-hybridized carbons (Fsp3) is 0.286. The maximum atomic E-state index is 12.1. The van der Waals surface area contributed by atoms with E-state index in [4.69, 9.17) is 5.11 Å². The van der Waals surface area contributed by atoms with Crippen LogP contribution in [0.3, 0.4) is 0 Å². The van der Waals surface area contributed by atoms with Gasteiger partial charge in [0.05, 0.1) is 11.3 Å². The summed E-state index contributed by atoms with van der Waals surface area (Å²) in [6, 6.07) is 4.27. The standard InChI is InChI=1S/C14H17BrN2O3/c1-4-17(8-9(2)3)14(20)16-12-7-10(15)5-6-11(12)13(18)19/h5-7H,2,4,8H2,1,3H3,(H,16,20)(H,18,19). The number of amides is 2. The van der Waals surface area contributed by atoms with Gasteiger partial charge in [-0.2, -0.15) is 0 Å². The minimum absolute atomic E-state index is 0.0490. The molecule has 0 atom stereocenters. The van der Waals surface area contributed by atoms with Crippen molar-refractivity contribution in [3.05, 3.63) is 40.4 Å². The van der Waals surface area contributed by atoms with E-state index in [0.29, 0.717) is 17.6 Å². The fourth-order valence-electron chi connectivity index (χ4n) is 1.65. The Hall–Kier alpha value is -1.82. The van der Waals surface area contributed by atoms with Crippen LogP contribution in [-0.2, 0) is 0 Å². The summed E-state index contributed by atoms with van der Waals surface area (Å²) in [4.78, 5) is 24.8. The number of nitrogens with one attached hydrogen (secondary N) is 1. The minimum Gasteiger partial charge on any atom is -0.478 e. The van der Waals surface area contributed by atoms with Crippen LogP contribution in [0.2, 0.25) is 0 Å². The molecule has 0 unspecified atom stereocenters. The van der Waals surface area contributed by atoms with Crippen molar-refractivity contribution in [2.24, 2.45) is 0 Å². The van der Waals surface area contributed by atoms with E-state index in [1.54, 1.807) is 17.0 Å². The van der Waals surface area contributed by atoms with Crippen LogP contribution in [0.15, 0.2) is 34.8 Å². The molecule has 0 aliphatic rings. The highest BCUT2D eigenvalue weighted by atomic mass is 79.9. The molecule has 1 aromatic carbocycles. The number of carboxylic acid groups (broad SMARTS) is 1. The van der Waals surface area contributed by atoms with E-state index in [-0.39, 0.29) is 17.3 Å². The molecule has 0 heterocycles. The van der Waals surface area contributed by atoms with E-state index in [9.17, 15) is 9.59 Å². The lowest BCUT2D eigenvalue weighted by Gasteiger charge is -2.22. The Morgan fingerprint density at radius 2 is 2.10 bits per heavy atom. The molecule has 0 saturated carbocycles. The van der Waals surface area contributed by atoms with Gasteiger partial charge >= 0.3 is 12.0 Å². The summed E-state index contributed by atoms with van der Waals surface area (Å²) in [5.74, 6) is -1.09. The van der Waals surface area contributed by atoms with Crippen LogP contribution in [0.5, 0.6) is 0 Å². The second kappa shape index (κ2) is 7.09. The molecule has 1 rings (SSSR count). The van der Waals surface area contributed by atoms with Gasteiger partial charge in [-0.25, -0.2) is 9.59 Å². The second-order valence-electron chi connectivity index (χ2n) is 4.40. The third-order valence-electron chi connectivity index (χ3n) is 2.58. The number of carboxylic acids is 1. The first kappa shape index (κ1) is 16.2. The van der Waals surface area contributed by atoms with Gasteiger partial charge in [0, 0.05) is 17.6 Å². The van der Waals surface area contributed by atoms with Gasteiger partial charge in [0.2, 0.25) is 0 Å². The molecule has 6 heteroatoms. The summed E-state index contributed by atoms with van der Waals surface area (Å²) in [5, 5.41) is 11.7. The summed E-state index contributed by atoms with van der Waals surface area (Å²) < 4.78 is 0.695. The summed E-state index contributed by atoms with van der Waals surface area (Å²) in [6.07, 6.45) is 0. The maximum absolute atomic E-state index is 12.1. The summed E-state index contributed by atoms with van der Waals surface area (Å²) in [7, 11) is 0. The topological polar surface area (TPSA) is 69.6 Å². The third-order valence-corrected chi connectivity index (χ3v) is 3.08. The van der Waals surface area contributed by atoms with Gasteiger partial charge in [0.1, 0.15) is 0 Å². The molecule has 1 aromatic rings. The average molecular weight is 341 g/mol. The lowest BCUT2D eigenvalue weighted by Crippen LogP contribution is -2.36. The first-order chi connectivity index (χ1) is 9.35. The first-order valence-corrected chi connectivity index (χ1v) is 6.87. The van der Waals surface area contributed by atoms with Gasteiger partial charge in [0.25, 0.3) is 0 Å². The van der Waals surface area contributed by atoms with Crippen LogP contribution in [0.25, 0.3) is 0 Å². The fourth-order valence-corrected chi connectivity index (χ4v) is 2.01. The first-order valence-electron chi connectivity index (χ1n) is 6.08. The highest BCUT2D eigenvalue weighted by Gasteiger charge is 2.16. The number of nitrogens with zero attached hydrogens (tertiary/aromatic N) is 1. The molecular formula is C14H17BrN2O3. The number of aromatic carboxylic acids is 1. The molecule has 0 aliphatic carbocycles. The number of anilines is 1. The molecule has 20 heavy (non-hydrogen) atoms. The van der Waals surface area contributed by atoms with E-state index >= 15 is 0 Å². The molecule has 0 aliphatic heterocycles. The molecular weight excluding hydrogens is 324 g/mol. The molecule has 0 bridgehead atoms. The van der Waals surface area contributed by atoms with E-state index in [1.165, 1.54) is 6.07 Å². The number of hydrogen-bond donors (Lipinski definition) is 2. The number of urea groups is 1. The Balaban J connectivity index is 2.96. The highest BCUT2D eigenvalue weighted by Crippen LogP contribution is 2.22. The number of rotatable bonds is 5. The SMILES string of the molecule is C=C(C)CN(CC)C(=O)Nc1cc(Br)ccc1C(=O)O. The van der Waals surface area contributed by atoms with Gasteiger partial charge in [-0.3, -0.25) is 0 Å². The van der Waals surface area contributed by atoms with E-state index in [2.05, 4.69) is 27.8 Å². The second-order valence-corrected chi connectivity index (χ2v) is 5.31. The van der Waals surface area contributed by atoms with Crippen molar-refractivity contribution in [3.8, 4) is 0 Å². The zero-order chi connectivity index (χ0) is 15.3. The summed E-state index contributed by atoms with van der Waals surface area (Å²) in [6.45, 7) is 8.39. The van der Waals surface area contributed by atoms with Gasteiger partial charge in [-0.05, 0) is 32.0 Å². The number of carbonyl (C=O) groups is 2. The molecule has 0 radical (unpaired) electrons. The zero-order valence-corrected chi connectivity index (χ0v) is 13.0. The Morgan fingerprint density at radius 3 is 2.60 bits per heavy atom. The predicted octanol–water partition coefficient (Wildman–Crippen LogP) is 3.58. The number of hydrogen-bond acceptors (Lipinski definition) is 2. The summed E-state index contributed by atoms with van der Waals surface area (Å²) in [5.41, 5.74) is 1.17. The molecule has 0 aromatic heterocycles. The molecule has 2 N–H and O–H groups in total. The number of halogens is 1. The largest absolute Gasteiger partial charge is 0.478 e. The van der Waals surface area contributed by atoms with E-state index in [1.807, 2.05) is 13.8 Å². The van der Waals surface area contributed by atoms with Gasteiger partial charge < -0.3 is 15.3 Å². The Kier molecular flexibility index (Phi) is 5.76. The van der Waals surface area contributed by atoms with Crippen LogP contribution in [0.4, 0.5) is 10.5 Å². The molecule has 0 spiro atoms. The van der Waals surface area contributed by atoms with Crippen LogP contribution >= 0.6 is 15.9 Å². The molecule has 0 saturated heterocycles. The van der Waals surface area contributed by atoms with Crippen LogP contribution < -0.4 is 5.32 Å². The van der Waals surface area contributed by atoms with Crippen molar-refractivity contribution in [1.29, 1.82) is 0 Å². The monoisotopic (exact) mass is 340 g/mol.